The third-order valence-corrected chi connectivity index (χ3v) is 4.60. The minimum Gasteiger partial charge on any atom is -0.361 e. The van der Waals surface area contributed by atoms with Crippen LogP contribution in [0.4, 0.5) is 0 Å². The highest BCUT2D eigenvalue weighted by Gasteiger charge is 2.27. The Balaban J connectivity index is 2.21. The molecule has 0 radical (unpaired) electrons. The summed E-state index contributed by atoms with van der Waals surface area (Å²) in [6.07, 6.45) is 6.05. The summed E-state index contributed by atoms with van der Waals surface area (Å²) in [5.41, 5.74) is 5.88. The van der Waals surface area contributed by atoms with E-state index >= 15 is 0 Å². The Morgan fingerprint density at radius 2 is 1.80 bits per heavy atom. The fraction of sp³-hybridized carbons (Fsp3) is 0.857. The Hall–Kier alpha value is -0.620. The third-order valence-electron chi connectivity index (χ3n) is 4.13. The van der Waals surface area contributed by atoms with Gasteiger partial charge in [0.25, 0.3) is 0 Å². The molecular formula is C14H28N4S2. The molecule has 1 fully saturated rings. The van der Waals surface area contributed by atoms with Crippen LogP contribution < -0.4 is 21.5 Å². The van der Waals surface area contributed by atoms with E-state index in [0.717, 1.165) is 25.3 Å². The molecule has 0 amide bonds. The van der Waals surface area contributed by atoms with E-state index in [0.29, 0.717) is 22.2 Å². The van der Waals surface area contributed by atoms with Crippen molar-refractivity contribution < 1.29 is 0 Å². The predicted molar refractivity (Wildman–Crippen MR) is 93.5 cm³/mol. The first-order valence-electron chi connectivity index (χ1n) is 7.65. The van der Waals surface area contributed by atoms with Crippen LogP contribution >= 0.6 is 24.4 Å². The lowest BCUT2D eigenvalue weighted by Crippen LogP contribution is -2.54. The second-order valence-electron chi connectivity index (χ2n) is 5.71. The Kier molecular flexibility index (Phi) is 8.14. The van der Waals surface area contributed by atoms with Gasteiger partial charge in [0.1, 0.15) is 0 Å². The SMILES string of the molecule is CCCCNC(=S)NNC(=S)N[C@@H]1CCC[C@@H](C)[C@H]1C. The normalized spacial score (nSPS) is 25.6. The Morgan fingerprint density at radius 1 is 1.10 bits per heavy atom. The molecule has 6 heteroatoms. The Morgan fingerprint density at radius 3 is 2.50 bits per heavy atom. The number of nitrogens with one attached hydrogen (secondary N) is 4. The number of thiocarbonyl (C=S) groups is 2. The molecule has 0 heterocycles. The molecule has 1 saturated carbocycles. The smallest absolute Gasteiger partial charge is 0.185 e. The lowest BCUT2D eigenvalue weighted by molar-refractivity contribution is 0.224. The Bertz CT molecular complexity index is 322. The topological polar surface area (TPSA) is 48.1 Å². The summed E-state index contributed by atoms with van der Waals surface area (Å²) in [5, 5.41) is 7.73. The molecule has 0 aromatic rings. The number of hydrazine groups is 1. The number of hydrogen-bond acceptors (Lipinski definition) is 2. The van der Waals surface area contributed by atoms with Crippen molar-refractivity contribution in [1.82, 2.24) is 21.5 Å². The van der Waals surface area contributed by atoms with Crippen LogP contribution in [-0.4, -0.2) is 22.8 Å². The zero-order chi connectivity index (χ0) is 15.0. The molecule has 0 aromatic heterocycles. The molecule has 0 aromatic carbocycles. The zero-order valence-electron chi connectivity index (χ0n) is 12.8. The summed E-state index contributed by atoms with van der Waals surface area (Å²) >= 11 is 10.5. The van der Waals surface area contributed by atoms with Gasteiger partial charge in [-0.25, -0.2) is 0 Å². The van der Waals surface area contributed by atoms with Gasteiger partial charge in [0.15, 0.2) is 10.2 Å². The third kappa shape index (κ3) is 6.22. The lowest BCUT2D eigenvalue weighted by atomic mass is 9.78. The summed E-state index contributed by atoms with van der Waals surface area (Å²) in [5.74, 6) is 1.41. The summed E-state index contributed by atoms with van der Waals surface area (Å²) < 4.78 is 0. The fourth-order valence-corrected chi connectivity index (χ4v) is 2.88. The lowest BCUT2D eigenvalue weighted by Gasteiger charge is -2.35. The van der Waals surface area contributed by atoms with Crippen LogP contribution in [0.25, 0.3) is 0 Å². The predicted octanol–water partition coefficient (Wildman–Crippen LogP) is 2.45. The van der Waals surface area contributed by atoms with Crippen LogP contribution in [0.5, 0.6) is 0 Å². The molecule has 4 nitrogen and oxygen atoms in total. The molecule has 3 atom stereocenters. The molecular weight excluding hydrogens is 288 g/mol. The molecule has 1 aliphatic carbocycles. The molecule has 1 rings (SSSR count). The van der Waals surface area contributed by atoms with E-state index in [4.69, 9.17) is 24.4 Å². The van der Waals surface area contributed by atoms with Crippen molar-refractivity contribution in [2.75, 3.05) is 6.54 Å². The molecule has 0 bridgehead atoms. The average molecular weight is 317 g/mol. The molecule has 20 heavy (non-hydrogen) atoms. The Labute approximate surface area is 133 Å². The van der Waals surface area contributed by atoms with Gasteiger partial charge in [0, 0.05) is 12.6 Å². The van der Waals surface area contributed by atoms with Crippen molar-refractivity contribution in [2.24, 2.45) is 11.8 Å². The molecule has 4 N–H and O–H groups in total. The number of rotatable bonds is 4. The highest BCUT2D eigenvalue weighted by molar-refractivity contribution is 7.80. The average Bonchev–Trinajstić information content (AvgIpc) is 2.42. The van der Waals surface area contributed by atoms with E-state index in [1.54, 1.807) is 0 Å². The highest BCUT2D eigenvalue weighted by atomic mass is 32.1. The molecule has 0 unspecified atom stereocenters. The van der Waals surface area contributed by atoms with Crippen molar-refractivity contribution in [1.29, 1.82) is 0 Å². The summed E-state index contributed by atoms with van der Waals surface area (Å²) in [7, 11) is 0. The fourth-order valence-electron chi connectivity index (χ4n) is 2.53. The summed E-state index contributed by atoms with van der Waals surface area (Å²) in [6.45, 7) is 7.66. The maximum absolute atomic E-state index is 5.31. The van der Waals surface area contributed by atoms with E-state index < -0.39 is 0 Å². The first kappa shape index (κ1) is 17.4. The second kappa shape index (κ2) is 9.34. The quantitative estimate of drug-likeness (QED) is 0.363. The van der Waals surface area contributed by atoms with Gasteiger partial charge in [-0.2, -0.15) is 0 Å². The zero-order valence-corrected chi connectivity index (χ0v) is 14.4. The van der Waals surface area contributed by atoms with Gasteiger partial charge in [0.05, 0.1) is 0 Å². The van der Waals surface area contributed by atoms with Gasteiger partial charge in [-0.05, 0) is 49.1 Å². The van der Waals surface area contributed by atoms with Crippen molar-refractivity contribution in [2.45, 2.75) is 58.9 Å². The van der Waals surface area contributed by atoms with Crippen molar-refractivity contribution in [3.63, 3.8) is 0 Å². The minimum atomic E-state index is 0.460. The van der Waals surface area contributed by atoms with E-state index in [-0.39, 0.29) is 0 Å². The van der Waals surface area contributed by atoms with Crippen LogP contribution in [0.15, 0.2) is 0 Å². The van der Waals surface area contributed by atoms with Gasteiger partial charge in [0.2, 0.25) is 0 Å². The molecule has 1 aliphatic rings. The number of hydrogen-bond donors (Lipinski definition) is 4. The van der Waals surface area contributed by atoms with Crippen molar-refractivity contribution in [3.8, 4) is 0 Å². The first-order valence-corrected chi connectivity index (χ1v) is 8.46. The van der Waals surface area contributed by atoms with Crippen LogP contribution in [0.2, 0.25) is 0 Å². The van der Waals surface area contributed by atoms with Crippen molar-refractivity contribution >= 4 is 34.7 Å². The minimum absolute atomic E-state index is 0.460. The van der Waals surface area contributed by atoms with E-state index in [1.807, 2.05) is 0 Å². The maximum Gasteiger partial charge on any atom is 0.185 e. The first-order chi connectivity index (χ1) is 9.54. The summed E-state index contributed by atoms with van der Waals surface area (Å²) in [4.78, 5) is 0. The monoisotopic (exact) mass is 316 g/mol. The molecule has 0 saturated heterocycles. The number of unbranched alkanes of at least 4 members (excludes halogenated alkanes) is 1. The second-order valence-corrected chi connectivity index (χ2v) is 6.52. The highest BCUT2D eigenvalue weighted by Crippen LogP contribution is 2.29. The van der Waals surface area contributed by atoms with Crippen molar-refractivity contribution in [3.05, 3.63) is 0 Å². The summed E-state index contributed by atoms with van der Waals surface area (Å²) in [6, 6.07) is 0.460. The maximum atomic E-state index is 5.31. The van der Waals surface area contributed by atoms with Gasteiger partial charge in [-0.15, -0.1) is 0 Å². The van der Waals surface area contributed by atoms with E-state index in [1.165, 1.54) is 19.3 Å². The van der Waals surface area contributed by atoms with Crippen LogP contribution in [0.3, 0.4) is 0 Å². The molecule has 116 valence electrons. The molecule has 0 aliphatic heterocycles. The van der Waals surface area contributed by atoms with Crippen LogP contribution in [-0.2, 0) is 0 Å². The standard InChI is InChI=1S/C14H28N4S2/c1-4-5-9-15-13(19)17-18-14(20)16-12-8-6-7-10(2)11(12)3/h10-12H,4-9H2,1-3H3,(H2,15,17,19)(H2,16,18,20)/t10-,11-,12-/m1/s1. The van der Waals surface area contributed by atoms with Gasteiger partial charge >= 0.3 is 0 Å². The van der Waals surface area contributed by atoms with Gasteiger partial charge < -0.3 is 10.6 Å². The largest absolute Gasteiger partial charge is 0.361 e. The van der Waals surface area contributed by atoms with Crippen LogP contribution in [0, 0.1) is 11.8 Å². The molecule has 0 spiro atoms. The van der Waals surface area contributed by atoms with Gasteiger partial charge in [-0.3, -0.25) is 10.9 Å². The van der Waals surface area contributed by atoms with E-state index in [2.05, 4.69) is 42.3 Å². The van der Waals surface area contributed by atoms with E-state index in [9.17, 15) is 0 Å². The van der Waals surface area contributed by atoms with Crippen LogP contribution in [0.1, 0.15) is 52.9 Å². The van der Waals surface area contributed by atoms with Gasteiger partial charge in [-0.1, -0.05) is 40.0 Å².